The van der Waals surface area contributed by atoms with E-state index >= 15 is 0 Å². The van der Waals surface area contributed by atoms with Crippen molar-refractivity contribution in [1.82, 2.24) is 4.90 Å². The molecule has 0 aromatic heterocycles. The lowest BCUT2D eigenvalue weighted by Gasteiger charge is -2.22. The van der Waals surface area contributed by atoms with E-state index in [9.17, 15) is 14.9 Å². The van der Waals surface area contributed by atoms with E-state index < -0.39 is 4.92 Å². The van der Waals surface area contributed by atoms with E-state index in [1.807, 2.05) is 6.92 Å². The quantitative estimate of drug-likeness (QED) is 0.673. The van der Waals surface area contributed by atoms with Crippen molar-refractivity contribution >= 4 is 27.5 Å². The highest BCUT2D eigenvalue weighted by atomic mass is 79.9. The number of carbonyl (C=O) groups is 1. The number of halogens is 1. The van der Waals surface area contributed by atoms with Gasteiger partial charge in [0.1, 0.15) is 0 Å². The molecule has 108 valence electrons. The number of nitrogens with two attached hydrogens (primary N) is 1. The van der Waals surface area contributed by atoms with Crippen molar-refractivity contribution in [2.24, 2.45) is 11.7 Å². The molecule has 0 spiro atoms. The van der Waals surface area contributed by atoms with Gasteiger partial charge in [0.2, 0.25) is 0 Å². The van der Waals surface area contributed by atoms with Crippen molar-refractivity contribution in [3.05, 3.63) is 38.3 Å². The molecule has 2 rings (SSSR count). The van der Waals surface area contributed by atoms with E-state index in [4.69, 9.17) is 5.73 Å². The summed E-state index contributed by atoms with van der Waals surface area (Å²) >= 11 is 3.24. The van der Waals surface area contributed by atoms with Gasteiger partial charge >= 0.3 is 0 Å². The molecular formula is C13H16BrN3O3. The summed E-state index contributed by atoms with van der Waals surface area (Å²) in [5.41, 5.74) is 6.06. The van der Waals surface area contributed by atoms with Gasteiger partial charge in [0.15, 0.2) is 0 Å². The van der Waals surface area contributed by atoms with Crippen LogP contribution in [-0.4, -0.2) is 34.9 Å². The first-order valence-corrected chi connectivity index (χ1v) is 7.18. The summed E-state index contributed by atoms with van der Waals surface area (Å²) < 4.78 is 0.445. The number of hydrogen-bond acceptors (Lipinski definition) is 4. The molecule has 1 fully saturated rings. The molecule has 1 aliphatic heterocycles. The number of likely N-dealkylation sites (tertiary alicyclic amines) is 1. The number of benzene rings is 1. The highest BCUT2D eigenvalue weighted by Gasteiger charge is 2.33. The van der Waals surface area contributed by atoms with Crippen LogP contribution >= 0.6 is 15.9 Å². The van der Waals surface area contributed by atoms with Crippen molar-refractivity contribution in [2.45, 2.75) is 19.4 Å². The minimum atomic E-state index is -0.484. The average Bonchev–Trinajstić information content (AvgIpc) is 2.79. The lowest BCUT2D eigenvalue weighted by atomic mass is 10.1. The summed E-state index contributed by atoms with van der Waals surface area (Å²) in [4.78, 5) is 24.5. The highest BCUT2D eigenvalue weighted by molar-refractivity contribution is 9.10. The largest absolute Gasteiger partial charge is 0.336 e. The Labute approximate surface area is 125 Å². The van der Waals surface area contributed by atoms with E-state index in [-0.39, 0.29) is 17.6 Å². The smallest absolute Gasteiger partial charge is 0.270 e. The molecule has 1 aromatic rings. The Balaban J connectivity index is 2.23. The van der Waals surface area contributed by atoms with Crippen LogP contribution in [-0.2, 0) is 0 Å². The van der Waals surface area contributed by atoms with E-state index in [0.29, 0.717) is 29.0 Å². The van der Waals surface area contributed by atoms with Crippen molar-refractivity contribution < 1.29 is 9.72 Å². The molecule has 0 radical (unpaired) electrons. The van der Waals surface area contributed by atoms with Crippen LogP contribution in [0.5, 0.6) is 0 Å². The van der Waals surface area contributed by atoms with Crippen molar-refractivity contribution in [3.63, 3.8) is 0 Å². The molecule has 7 heteroatoms. The number of nitro groups is 1. The molecule has 1 saturated heterocycles. The lowest BCUT2D eigenvalue weighted by molar-refractivity contribution is -0.384. The number of nitro benzene ring substituents is 1. The average molecular weight is 342 g/mol. The van der Waals surface area contributed by atoms with Gasteiger partial charge in [0, 0.05) is 29.2 Å². The normalized spacial score (nSPS) is 22.1. The molecule has 0 bridgehead atoms. The van der Waals surface area contributed by atoms with Crippen LogP contribution in [0.2, 0.25) is 0 Å². The zero-order valence-electron chi connectivity index (χ0n) is 11.1. The molecular weight excluding hydrogens is 326 g/mol. The third kappa shape index (κ3) is 2.83. The van der Waals surface area contributed by atoms with Gasteiger partial charge in [-0.2, -0.15) is 0 Å². The topological polar surface area (TPSA) is 89.5 Å². The predicted molar refractivity (Wildman–Crippen MR) is 78.5 cm³/mol. The first-order valence-electron chi connectivity index (χ1n) is 6.39. The van der Waals surface area contributed by atoms with Gasteiger partial charge in [-0.15, -0.1) is 0 Å². The standard InChI is InChI=1S/C13H16BrN3O3/c1-8-4-9(6-15)7-16(8)13(18)11-3-2-10(17(19)20)5-12(11)14/h2-3,5,8-9H,4,6-7,15H2,1H3. The van der Waals surface area contributed by atoms with Gasteiger partial charge in [-0.05, 0) is 47.8 Å². The number of non-ortho nitro benzene ring substituents is 1. The van der Waals surface area contributed by atoms with Gasteiger partial charge in [0.05, 0.1) is 10.5 Å². The highest BCUT2D eigenvalue weighted by Crippen LogP contribution is 2.28. The molecule has 1 heterocycles. The van der Waals surface area contributed by atoms with Crippen molar-refractivity contribution in [3.8, 4) is 0 Å². The Hall–Kier alpha value is -1.47. The Morgan fingerprint density at radius 2 is 2.30 bits per heavy atom. The lowest BCUT2D eigenvalue weighted by Crippen LogP contribution is -2.34. The predicted octanol–water partition coefficient (Wildman–Crippen LogP) is 2.17. The van der Waals surface area contributed by atoms with Crippen LogP contribution in [0, 0.1) is 16.0 Å². The van der Waals surface area contributed by atoms with Gasteiger partial charge in [-0.25, -0.2) is 0 Å². The van der Waals surface area contributed by atoms with Gasteiger partial charge < -0.3 is 10.6 Å². The molecule has 6 nitrogen and oxygen atoms in total. The summed E-state index contributed by atoms with van der Waals surface area (Å²) in [6.07, 6.45) is 0.896. The number of amides is 1. The second-order valence-electron chi connectivity index (χ2n) is 5.07. The summed E-state index contributed by atoms with van der Waals surface area (Å²) in [6, 6.07) is 4.33. The maximum Gasteiger partial charge on any atom is 0.270 e. The number of nitrogens with zero attached hydrogens (tertiary/aromatic N) is 2. The summed E-state index contributed by atoms with van der Waals surface area (Å²) in [5.74, 6) is 0.209. The first-order chi connectivity index (χ1) is 9.43. The van der Waals surface area contributed by atoms with Crippen LogP contribution in [0.4, 0.5) is 5.69 Å². The number of carbonyl (C=O) groups excluding carboxylic acids is 1. The summed E-state index contributed by atoms with van der Waals surface area (Å²) in [6.45, 7) is 3.20. The van der Waals surface area contributed by atoms with Gasteiger partial charge in [0.25, 0.3) is 11.6 Å². The van der Waals surface area contributed by atoms with E-state index in [1.165, 1.54) is 18.2 Å². The second-order valence-corrected chi connectivity index (χ2v) is 5.92. The van der Waals surface area contributed by atoms with E-state index in [2.05, 4.69) is 15.9 Å². The van der Waals surface area contributed by atoms with Crippen LogP contribution in [0.15, 0.2) is 22.7 Å². The van der Waals surface area contributed by atoms with Crippen LogP contribution < -0.4 is 5.73 Å². The molecule has 0 saturated carbocycles. The van der Waals surface area contributed by atoms with E-state index in [0.717, 1.165) is 6.42 Å². The molecule has 1 aliphatic rings. The maximum absolute atomic E-state index is 12.5. The molecule has 2 N–H and O–H groups in total. The van der Waals surface area contributed by atoms with E-state index in [1.54, 1.807) is 4.90 Å². The first kappa shape index (κ1) is 14.9. The number of hydrogen-bond donors (Lipinski definition) is 1. The number of rotatable bonds is 3. The zero-order valence-corrected chi connectivity index (χ0v) is 12.7. The fourth-order valence-corrected chi connectivity index (χ4v) is 3.08. The second kappa shape index (κ2) is 5.88. The molecule has 2 atom stereocenters. The van der Waals surface area contributed by atoms with Crippen LogP contribution in [0.1, 0.15) is 23.7 Å². The third-order valence-corrected chi connectivity index (χ3v) is 4.31. The SMILES string of the molecule is CC1CC(CN)CN1C(=O)c1ccc([N+](=O)[O-])cc1Br. The monoisotopic (exact) mass is 341 g/mol. The van der Waals surface area contributed by atoms with Crippen molar-refractivity contribution in [1.29, 1.82) is 0 Å². The van der Waals surface area contributed by atoms with Gasteiger partial charge in [-0.1, -0.05) is 0 Å². The van der Waals surface area contributed by atoms with Crippen LogP contribution in [0.25, 0.3) is 0 Å². The zero-order chi connectivity index (χ0) is 14.9. The Kier molecular flexibility index (Phi) is 4.39. The molecule has 1 amide bonds. The minimum absolute atomic E-state index is 0.0391. The van der Waals surface area contributed by atoms with Crippen LogP contribution in [0.3, 0.4) is 0 Å². The molecule has 0 aliphatic carbocycles. The minimum Gasteiger partial charge on any atom is -0.336 e. The third-order valence-electron chi connectivity index (χ3n) is 3.65. The maximum atomic E-state index is 12.5. The molecule has 2 unspecified atom stereocenters. The fraction of sp³-hybridized carbons (Fsp3) is 0.462. The Morgan fingerprint density at radius 1 is 1.60 bits per heavy atom. The molecule has 1 aromatic carbocycles. The summed E-state index contributed by atoms with van der Waals surface area (Å²) in [7, 11) is 0. The fourth-order valence-electron chi connectivity index (χ4n) is 2.54. The Morgan fingerprint density at radius 3 is 2.80 bits per heavy atom. The summed E-state index contributed by atoms with van der Waals surface area (Å²) in [5, 5.41) is 10.7. The Bertz CT molecular complexity index is 550. The molecule has 20 heavy (non-hydrogen) atoms. The van der Waals surface area contributed by atoms with Crippen molar-refractivity contribution in [2.75, 3.05) is 13.1 Å². The van der Waals surface area contributed by atoms with Gasteiger partial charge in [-0.3, -0.25) is 14.9 Å².